The fourth-order valence-electron chi connectivity index (χ4n) is 1.81. The minimum absolute atomic E-state index is 0.376. The Morgan fingerprint density at radius 2 is 2.22 bits per heavy atom. The second kappa shape index (κ2) is 5.30. The third-order valence-electron chi connectivity index (χ3n) is 2.78. The predicted octanol–water partition coefficient (Wildman–Crippen LogP) is 1.18. The molecule has 2 heterocycles. The number of anilines is 1. The van der Waals surface area contributed by atoms with Crippen molar-refractivity contribution >= 4 is 11.6 Å². The molecule has 0 saturated heterocycles. The maximum absolute atomic E-state index is 4.32. The van der Waals surface area contributed by atoms with E-state index in [1.54, 1.807) is 4.52 Å². The van der Waals surface area contributed by atoms with Gasteiger partial charge in [-0.1, -0.05) is 0 Å². The van der Waals surface area contributed by atoms with Crippen LogP contribution in [0, 0.1) is 6.92 Å². The van der Waals surface area contributed by atoms with E-state index < -0.39 is 0 Å². The Kier molecular flexibility index (Phi) is 3.76. The highest BCUT2D eigenvalue weighted by Crippen LogP contribution is 2.12. The molecule has 0 saturated carbocycles. The number of hydrogen-bond donors (Lipinski definition) is 1. The molecule has 1 unspecified atom stereocenters. The smallest absolute Gasteiger partial charge is 0.254 e. The molecule has 1 atom stereocenters. The molecule has 0 aliphatic heterocycles. The third-order valence-corrected chi connectivity index (χ3v) is 2.78. The molecule has 0 aromatic carbocycles. The summed E-state index contributed by atoms with van der Waals surface area (Å²) in [7, 11) is 4.16. The first-order valence-electron chi connectivity index (χ1n) is 6.15. The van der Waals surface area contributed by atoms with Crippen molar-refractivity contribution < 1.29 is 0 Å². The molecular weight excluding hydrogens is 228 g/mol. The van der Waals surface area contributed by atoms with Gasteiger partial charge in [0, 0.05) is 17.8 Å². The zero-order valence-electron chi connectivity index (χ0n) is 11.4. The maximum atomic E-state index is 4.32. The SMILES string of the molecule is Cc1cc(NC(C)CCN(C)C)n2ncnc2n1. The summed E-state index contributed by atoms with van der Waals surface area (Å²) in [5.41, 5.74) is 0.942. The van der Waals surface area contributed by atoms with Crippen LogP contribution in [0.3, 0.4) is 0 Å². The first kappa shape index (κ1) is 12.8. The molecule has 1 N–H and O–H groups in total. The van der Waals surface area contributed by atoms with Crippen LogP contribution < -0.4 is 5.32 Å². The summed E-state index contributed by atoms with van der Waals surface area (Å²) in [4.78, 5) is 10.6. The van der Waals surface area contributed by atoms with E-state index in [9.17, 15) is 0 Å². The second-order valence-corrected chi connectivity index (χ2v) is 4.89. The van der Waals surface area contributed by atoms with Gasteiger partial charge in [0.05, 0.1) is 0 Å². The van der Waals surface area contributed by atoms with Crippen molar-refractivity contribution in [2.75, 3.05) is 26.0 Å². The van der Waals surface area contributed by atoms with E-state index >= 15 is 0 Å². The normalized spacial score (nSPS) is 13.2. The van der Waals surface area contributed by atoms with Crippen molar-refractivity contribution in [1.29, 1.82) is 0 Å². The number of nitrogens with one attached hydrogen (secondary N) is 1. The van der Waals surface area contributed by atoms with Crippen molar-refractivity contribution in [2.45, 2.75) is 26.3 Å². The van der Waals surface area contributed by atoms with Gasteiger partial charge in [0.2, 0.25) is 0 Å². The van der Waals surface area contributed by atoms with Gasteiger partial charge in [0.25, 0.3) is 5.78 Å². The minimum Gasteiger partial charge on any atom is -0.367 e. The topological polar surface area (TPSA) is 58.4 Å². The highest BCUT2D eigenvalue weighted by atomic mass is 15.4. The van der Waals surface area contributed by atoms with Crippen molar-refractivity contribution in [3.05, 3.63) is 18.1 Å². The highest BCUT2D eigenvalue weighted by Gasteiger charge is 2.08. The Bertz CT molecular complexity index is 518. The van der Waals surface area contributed by atoms with Crippen LogP contribution in [0.2, 0.25) is 0 Å². The van der Waals surface area contributed by atoms with Crippen LogP contribution in [0.25, 0.3) is 5.78 Å². The molecule has 0 bridgehead atoms. The van der Waals surface area contributed by atoms with Gasteiger partial charge in [-0.05, 0) is 40.9 Å². The van der Waals surface area contributed by atoms with Gasteiger partial charge in [0.1, 0.15) is 12.1 Å². The van der Waals surface area contributed by atoms with Crippen LogP contribution >= 0.6 is 0 Å². The van der Waals surface area contributed by atoms with Crippen molar-refractivity contribution in [3.8, 4) is 0 Å². The zero-order chi connectivity index (χ0) is 13.1. The maximum Gasteiger partial charge on any atom is 0.254 e. The summed E-state index contributed by atoms with van der Waals surface area (Å²) in [6.07, 6.45) is 2.60. The molecule has 2 rings (SSSR count). The lowest BCUT2D eigenvalue weighted by Crippen LogP contribution is -2.24. The average Bonchev–Trinajstić information content (AvgIpc) is 2.74. The van der Waals surface area contributed by atoms with Crippen molar-refractivity contribution in [3.63, 3.8) is 0 Å². The van der Waals surface area contributed by atoms with Gasteiger partial charge < -0.3 is 10.2 Å². The number of fused-ring (bicyclic) bond motifs is 1. The molecule has 0 aliphatic rings. The van der Waals surface area contributed by atoms with E-state index in [1.165, 1.54) is 6.33 Å². The van der Waals surface area contributed by atoms with Crippen LogP contribution in [-0.4, -0.2) is 51.2 Å². The molecular formula is C12H20N6. The Morgan fingerprint density at radius 1 is 1.44 bits per heavy atom. The number of aromatic nitrogens is 4. The van der Waals surface area contributed by atoms with Gasteiger partial charge in [0.15, 0.2) is 0 Å². The Labute approximate surface area is 107 Å². The average molecular weight is 248 g/mol. The third kappa shape index (κ3) is 2.95. The van der Waals surface area contributed by atoms with Crippen LogP contribution in [0.15, 0.2) is 12.4 Å². The summed E-state index contributed by atoms with van der Waals surface area (Å²) >= 11 is 0. The van der Waals surface area contributed by atoms with Gasteiger partial charge in [-0.3, -0.25) is 0 Å². The molecule has 6 heteroatoms. The number of nitrogens with zero attached hydrogens (tertiary/aromatic N) is 5. The molecule has 0 amide bonds. The molecule has 2 aromatic rings. The lowest BCUT2D eigenvalue weighted by atomic mass is 10.2. The molecule has 0 aliphatic carbocycles. The van der Waals surface area contributed by atoms with Crippen LogP contribution in [0.1, 0.15) is 19.0 Å². The van der Waals surface area contributed by atoms with Gasteiger partial charge in [-0.25, -0.2) is 4.98 Å². The van der Waals surface area contributed by atoms with E-state index in [-0.39, 0.29) is 0 Å². The van der Waals surface area contributed by atoms with E-state index in [4.69, 9.17) is 0 Å². The summed E-state index contributed by atoms with van der Waals surface area (Å²) in [5.74, 6) is 1.58. The fraction of sp³-hybridized carbons (Fsp3) is 0.583. The van der Waals surface area contributed by atoms with E-state index in [1.807, 2.05) is 13.0 Å². The summed E-state index contributed by atoms with van der Waals surface area (Å²) < 4.78 is 1.74. The van der Waals surface area contributed by atoms with Crippen LogP contribution in [0.5, 0.6) is 0 Å². The molecule has 2 aromatic heterocycles. The fourth-order valence-corrected chi connectivity index (χ4v) is 1.81. The Morgan fingerprint density at radius 3 is 2.94 bits per heavy atom. The highest BCUT2D eigenvalue weighted by molar-refractivity contribution is 5.45. The molecule has 98 valence electrons. The van der Waals surface area contributed by atoms with Gasteiger partial charge in [-0.2, -0.15) is 14.6 Å². The molecule has 6 nitrogen and oxygen atoms in total. The predicted molar refractivity (Wildman–Crippen MR) is 71.8 cm³/mol. The van der Waals surface area contributed by atoms with Crippen molar-refractivity contribution in [2.24, 2.45) is 0 Å². The van der Waals surface area contributed by atoms with Crippen LogP contribution in [0.4, 0.5) is 5.82 Å². The van der Waals surface area contributed by atoms with Crippen molar-refractivity contribution in [1.82, 2.24) is 24.5 Å². The van der Waals surface area contributed by atoms with Crippen LogP contribution in [-0.2, 0) is 0 Å². The summed E-state index contributed by atoms with van der Waals surface area (Å²) in [5, 5.41) is 7.64. The largest absolute Gasteiger partial charge is 0.367 e. The number of rotatable bonds is 5. The monoisotopic (exact) mass is 248 g/mol. The number of hydrogen-bond acceptors (Lipinski definition) is 5. The zero-order valence-corrected chi connectivity index (χ0v) is 11.4. The van der Waals surface area contributed by atoms with E-state index in [2.05, 4.69) is 46.3 Å². The second-order valence-electron chi connectivity index (χ2n) is 4.89. The lowest BCUT2D eigenvalue weighted by molar-refractivity contribution is 0.390. The molecule has 18 heavy (non-hydrogen) atoms. The van der Waals surface area contributed by atoms with E-state index in [0.717, 1.165) is 24.5 Å². The standard InChI is InChI=1S/C12H20N6/c1-9(5-6-17(3)4)15-11-7-10(2)16-12-13-8-14-18(11)12/h7-9,15H,5-6H2,1-4H3. The first-order valence-corrected chi connectivity index (χ1v) is 6.15. The van der Waals surface area contributed by atoms with Gasteiger partial charge in [-0.15, -0.1) is 0 Å². The molecule has 0 spiro atoms. The molecule has 0 radical (unpaired) electrons. The Balaban J connectivity index is 2.13. The summed E-state index contributed by atoms with van der Waals surface area (Å²) in [6, 6.07) is 2.37. The minimum atomic E-state index is 0.376. The number of aryl methyl sites for hydroxylation is 1. The van der Waals surface area contributed by atoms with Gasteiger partial charge >= 0.3 is 0 Å². The Hall–Kier alpha value is -1.69. The quantitative estimate of drug-likeness (QED) is 0.861. The van der Waals surface area contributed by atoms with E-state index in [0.29, 0.717) is 11.8 Å². The first-order chi connectivity index (χ1) is 8.56. The lowest BCUT2D eigenvalue weighted by Gasteiger charge is -2.18. The summed E-state index contributed by atoms with van der Waals surface area (Å²) in [6.45, 7) is 5.19. The molecule has 0 fully saturated rings.